The number of fused-ring (bicyclic) bond motifs is 1. The molecule has 2 atom stereocenters. The molecule has 0 saturated heterocycles. The van der Waals surface area contributed by atoms with Crippen molar-refractivity contribution >= 4 is 34.0 Å². The fraction of sp³-hybridized carbons (Fsp3) is 0.250. The predicted octanol–water partition coefficient (Wildman–Crippen LogP) is 3.96. The zero-order valence-corrected chi connectivity index (χ0v) is 13.9. The minimum atomic E-state index is 0.0713. The van der Waals surface area contributed by atoms with Gasteiger partial charge < -0.3 is 11.5 Å². The molecule has 0 aliphatic heterocycles. The summed E-state index contributed by atoms with van der Waals surface area (Å²) in [6.07, 6.45) is 1.79. The Bertz CT molecular complexity index is 678. The first-order valence-corrected chi connectivity index (χ1v) is 9.55. The lowest BCUT2D eigenvalue weighted by atomic mass is 9.85. The van der Waals surface area contributed by atoms with Gasteiger partial charge in [0.25, 0.3) is 0 Å². The van der Waals surface area contributed by atoms with E-state index in [1.165, 1.54) is 30.6 Å². The maximum Gasteiger partial charge on any atom is 0.0484 e. The van der Waals surface area contributed by atoms with Crippen LogP contribution in [0.2, 0.25) is 0 Å². The number of rotatable bonds is 2. The van der Waals surface area contributed by atoms with Crippen molar-refractivity contribution in [1.82, 2.24) is 0 Å². The van der Waals surface area contributed by atoms with Crippen LogP contribution in [0.25, 0.3) is 19.5 Å². The highest BCUT2D eigenvalue weighted by atomic mass is 32.1. The molecule has 3 aromatic rings. The van der Waals surface area contributed by atoms with Crippen molar-refractivity contribution in [3.8, 4) is 19.5 Å². The second kappa shape index (κ2) is 5.34. The fourth-order valence-electron chi connectivity index (χ4n) is 2.92. The standard InChI is InChI=1S/C16H16N2S3/c17-11-7-9-10(8-12(11)18)16(14-4-2-6-20-14)21-15(9)13-3-1-5-19-13/h1-6,11-12H,7-8,17-18H2. The molecule has 2 unspecified atom stereocenters. The summed E-state index contributed by atoms with van der Waals surface area (Å²) in [5.41, 5.74) is 15.3. The normalized spacial score (nSPS) is 21.4. The molecule has 4 rings (SSSR count). The Morgan fingerprint density at radius 1 is 0.810 bits per heavy atom. The molecule has 3 aromatic heterocycles. The molecule has 1 aliphatic rings. The van der Waals surface area contributed by atoms with Gasteiger partial charge in [-0.15, -0.1) is 34.0 Å². The SMILES string of the molecule is NC1Cc2c(-c3cccs3)sc(-c3cccs3)c2CC1N. The summed E-state index contributed by atoms with van der Waals surface area (Å²) in [6, 6.07) is 8.78. The van der Waals surface area contributed by atoms with Gasteiger partial charge in [0, 0.05) is 31.6 Å². The number of hydrogen-bond donors (Lipinski definition) is 2. The summed E-state index contributed by atoms with van der Waals surface area (Å²) < 4.78 is 0. The zero-order chi connectivity index (χ0) is 14.4. The molecule has 1 aliphatic carbocycles. The van der Waals surface area contributed by atoms with E-state index in [9.17, 15) is 0 Å². The molecule has 0 saturated carbocycles. The van der Waals surface area contributed by atoms with E-state index in [-0.39, 0.29) is 12.1 Å². The molecule has 3 heterocycles. The van der Waals surface area contributed by atoms with Crippen molar-refractivity contribution < 1.29 is 0 Å². The molecule has 0 aromatic carbocycles. The Morgan fingerprint density at radius 3 is 1.67 bits per heavy atom. The van der Waals surface area contributed by atoms with Crippen LogP contribution in [0.1, 0.15) is 11.1 Å². The second-order valence-corrected chi connectivity index (χ2v) is 8.32. The summed E-state index contributed by atoms with van der Waals surface area (Å²) in [5, 5.41) is 4.28. The quantitative estimate of drug-likeness (QED) is 0.746. The Kier molecular flexibility index (Phi) is 3.47. The van der Waals surface area contributed by atoms with Gasteiger partial charge in [-0.1, -0.05) is 12.1 Å². The van der Waals surface area contributed by atoms with Gasteiger partial charge in [0.15, 0.2) is 0 Å². The summed E-state index contributed by atoms with van der Waals surface area (Å²) in [6.45, 7) is 0. The summed E-state index contributed by atoms with van der Waals surface area (Å²) in [5.74, 6) is 0. The lowest BCUT2D eigenvalue weighted by Crippen LogP contribution is -2.47. The van der Waals surface area contributed by atoms with E-state index in [0.717, 1.165) is 12.8 Å². The molecule has 0 fully saturated rings. The first-order chi connectivity index (χ1) is 10.2. The van der Waals surface area contributed by atoms with Crippen LogP contribution in [0.5, 0.6) is 0 Å². The van der Waals surface area contributed by atoms with E-state index >= 15 is 0 Å². The Labute approximate surface area is 136 Å². The van der Waals surface area contributed by atoms with Gasteiger partial charge in [-0.25, -0.2) is 0 Å². The average molecular weight is 333 g/mol. The molecule has 0 bridgehead atoms. The molecular weight excluding hydrogens is 316 g/mol. The molecule has 4 N–H and O–H groups in total. The van der Waals surface area contributed by atoms with Gasteiger partial charge in [0.1, 0.15) is 0 Å². The van der Waals surface area contributed by atoms with Crippen molar-refractivity contribution in [3.05, 3.63) is 46.2 Å². The van der Waals surface area contributed by atoms with Crippen LogP contribution in [0.3, 0.4) is 0 Å². The molecule has 5 heteroatoms. The van der Waals surface area contributed by atoms with Crippen LogP contribution in [-0.4, -0.2) is 12.1 Å². The van der Waals surface area contributed by atoms with Gasteiger partial charge in [-0.3, -0.25) is 0 Å². The zero-order valence-electron chi connectivity index (χ0n) is 11.4. The van der Waals surface area contributed by atoms with Crippen molar-refractivity contribution in [2.75, 3.05) is 0 Å². The number of hydrogen-bond acceptors (Lipinski definition) is 5. The Hall–Kier alpha value is -0.980. The molecule has 0 spiro atoms. The van der Waals surface area contributed by atoms with Crippen LogP contribution in [-0.2, 0) is 12.8 Å². The van der Waals surface area contributed by atoms with Crippen LogP contribution in [0.4, 0.5) is 0 Å². The van der Waals surface area contributed by atoms with Crippen molar-refractivity contribution in [2.24, 2.45) is 11.5 Å². The highest BCUT2D eigenvalue weighted by Crippen LogP contribution is 2.47. The van der Waals surface area contributed by atoms with E-state index in [1.54, 1.807) is 22.7 Å². The summed E-state index contributed by atoms with van der Waals surface area (Å²) in [7, 11) is 0. The predicted molar refractivity (Wildman–Crippen MR) is 94.3 cm³/mol. The monoisotopic (exact) mass is 332 g/mol. The van der Waals surface area contributed by atoms with Gasteiger partial charge >= 0.3 is 0 Å². The van der Waals surface area contributed by atoms with Gasteiger partial charge in [0.05, 0.1) is 0 Å². The third-order valence-corrected chi connectivity index (χ3v) is 7.41. The van der Waals surface area contributed by atoms with Crippen LogP contribution < -0.4 is 11.5 Å². The third-order valence-electron chi connectivity index (χ3n) is 4.04. The van der Waals surface area contributed by atoms with Crippen LogP contribution in [0.15, 0.2) is 35.0 Å². The lowest BCUT2D eigenvalue weighted by molar-refractivity contribution is 0.495. The fourth-order valence-corrected chi connectivity index (χ4v) is 6.04. The van der Waals surface area contributed by atoms with Crippen molar-refractivity contribution in [3.63, 3.8) is 0 Å². The largest absolute Gasteiger partial charge is 0.326 e. The smallest absolute Gasteiger partial charge is 0.0484 e. The van der Waals surface area contributed by atoms with Crippen LogP contribution >= 0.6 is 34.0 Å². The molecule has 2 nitrogen and oxygen atoms in total. The molecular formula is C16H16N2S3. The maximum absolute atomic E-state index is 6.23. The minimum absolute atomic E-state index is 0.0713. The summed E-state index contributed by atoms with van der Waals surface area (Å²) >= 11 is 5.51. The van der Waals surface area contributed by atoms with Crippen molar-refractivity contribution in [2.45, 2.75) is 24.9 Å². The van der Waals surface area contributed by atoms with E-state index in [4.69, 9.17) is 11.5 Å². The summed E-state index contributed by atoms with van der Waals surface area (Å²) in [4.78, 5) is 5.49. The lowest BCUT2D eigenvalue weighted by Gasteiger charge is -2.27. The maximum atomic E-state index is 6.23. The van der Waals surface area contributed by atoms with E-state index in [2.05, 4.69) is 35.0 Å². The van der Waals surface area contributed by atoms with Gasteiger partial charge in [0.2, 0.25) is 0 Å². The average Bonchev–Trinajstić information content (AvgIpc) is 3.18. The van der Waals surface area contributed by atoms with Gasteiger partial charge in [-0.2, -0.15) is 0 Å². The molecule has 0 radical (unpaired) electrons. The Morgan fingerprint density at radius 2 is 1.29 bits per heavy atom. The van der Waals surface area contributed by atoms with E-state index < -0.39 is 0 Å². The van der Waals surface area contributed by atoms with Crippen LogP contribution in [0, 0.1) is 0 Å². The first-order valence-electron chi connectivity index (χ1n) is 6.97. The van der Waals surface area contributed by atoms with E-state index in [1.807, 2.05) is 11.3 Å². The first kappa shape index (κ1) is 13.7. The molecule has 108 valence electrons. The topological polar surface area (TPSA) is 52.0 Å². The van der Waals surface area contributed by atoms with Crippen molar-refractivity contribution in [1.29, 1.82) is 0 Å². The number of thiophene rings is 3. The highest BCUT2D eigenvalue weighted by molar-refractivity contribution is 7.26. The molecule has 0 amide bonds. The number of nitrogens with two attached hydrogens (primary N) is 2. The Balaban J connectivity index is 1.92. The van der Waals surface area contributed by atoms with Gasteiger partial charge in [-0.05, 0) is 46.9 Å². The third kappa shape index (κ3) is 2.29. The molecule has 21 heavy (non-hydrogen) atoms. The van der Waals surface area contributed by atoms with E-state index in [0.29, 0.717) is 0 Å². The minimum Gasteiger partial charge on any atom is -0.326 e. The highest BCUT2D eigenvalue weighted by Gasteiger charge is 2.30. The second-order valence-electron chi connectivity index (χ2n) is 5.41.